The van der Waals surface area contributed by atoms with Gasteiger partial charge in [0.25, 0.3) is 0 Å². The highest BCUT2D eigenvalue weighted by atomic mass is 16.6. The fraction of sp³-hybridized carbons (Fsp3) is 0.615. The number of nitrogens with zero attached hydrogens (tertiary/aromatic N) is 2. The van der Waals surface area contributed by atoms with Crippen molar-refractivity contribution in [2.24, 2.45) is 5.92 Å². The monoisotopic (exact) mass is 327 g/mol. The van der Waals surface area contributed by atoms with E-state index in [4.69, 9.17) is 14.7 Å². The van der Waals surface area contributed by atoms with Gasteiger partial charge in [-0.05, 0) is 6.07 Å². The molecule has 0 radical (unpaired) electrons. The number of aliphatic hydroxyl groups excluding tert-OH is 1. The summed E-state index contributed by atoms with van der Waals surface area (Å²) in [6, 6.07) is 1.29. The van der Waals surface area contributed by atoms with Crippen molar-refractivity contribution in [1.82, 2.24) is 9.55 Å². The Morgan fingerprint density at radius 3 is 2.74 bits per heavy atom. The molecule has 0 amide bonds. The molecule has 1 aliphatic heterocycles. The number of ether oxygens (including phenoxy) is 2. The van der Waals surface area contributed by atoms with Crippen LogP contribution >= 0.6 is 0 Å². The summed E-state index contributed by atoms with van der Waals surface area (Å²) in [4.78, 5) is 26.9. The van der Waals surface area contributed by atoms with Crippen LogP contribution in [0.15, 0.2) is 17.1 Å². The van der Waals surface area contributed by atoms with E-state index >= 15 is 0 Å². The van der Waals surface area contributed by atoms with Crippen LogP contribution in [-0.2, 0) is 14.3 Å². The van der Waals surface area contributed by atoms with Crippen LogP contribution in [0.1, 0.15) is 20.1 Å². The van der Waals surface area contributed by atoms with Crippen LogP contribution < -0.4 is 11.2 Å². The second-order valence-electron chi connectivity index (χ2n) is 5.91. The van der Waals surface area contributed by atoms with Gasteiger partial charge in [-0.25, -0.2) is 4.79 Å². The first-order valence-electron chi connectivity index (χ1n) is 7.06. The molecule has 1 aliphatic carbocycles. The number of esters is 1. The quantitative estimate of drug-likeness (QED) is 0.388. The Balaban J connectivity index is 1.77. The van der Waals surface area contributed by atoms with E-state index in [1.165, 1.54) is 12.3 Å². The standard InChI is InChI=1S/C13H17N3O7/c1-5(2)11(18)23-9-8-13(9,20)7(17)10(22-8)16-4-3-6(15-21)14-12(16)19/h3-5,7-10,17,20-21H,1-2H3,(H,14,15,19)/t7-,8+,9?,10+,13+/m0/s1. The second kappa shape index (κ2) is 5.27. The minimum Gasteiger partial charge on any atom is -0.456 e. The minimum atomic E-state index is -1.75. The van der Waals surface area contributed by atoms with Gasteiger partial charge in [-0.2, -0.15) is 4.98 Å². The van der Waals surface area contributed by atoms with Crippen molar-refractivity contribution in [2.75, 3.05) is 5.48 Å². The average Bonchev–Trinajstić information content (AvgIpc) is 2.97. The summed E-state index contributed by atoms with van der Waals surface area (Å²) in [6.07, 6.45) is -3.25. The Bertz CT molecular complexity index is 690. The van der Waals surface area contributed by atoms with E-state index in [-0.39, 0.29) is 11.7 Å². The van der Waals surface area contributed by atoms with Crippen molar-refractivity contribution >= 4 is 11.8 Å². The summed E-state index contributed by atoms with van der Waals surface area (Å²) in [5, 5.41) is 29.4. The van der Waals surface area contributed by atoms with Gasteiger partial charge in [-0.3, -0.25) is 20.0 Å². The Hall–Kier alpha value is -2.01. The molecule has 0 aromatic carbocycles. The Morgan fingerprint density at radius 1 is 1.57 bits per heavy atom. The number of hydrogen-bond acceptors (Lipinski definition) is 9. The SMILES string of the molecule is CC(C)C(=O)OC1[C@H]2O[C@@H](n3ccc(NO)nc3=O)[C@H](O)[C@]12O. The lowest BCUT2D eigenvalue weighted by Crippen LogP contribution is -2.41. The van der Waals surface area contributed by atoms with E-state index in [1.807, 2.05) is 0 Å². The third-order valence-corrected chi connectivity index (χ3v) is 4.04. The summed E-state index contributed by atoms with van der Waals surface area (Å²) in [5.41, 5.74) is -0.805. The lowest BCUT2D eigenvalue weighted by atomic mass is 10.1. The number of carbonyl (C=O) groups excluding carboxylic acids is 1. The molecule has 5 atom stereocenters. The maximum atomic E-state index is 11.8. The molecule has 2 heterocycles. The van der Waals surface area contributed by atoms with E-state index < -0.39 is 41.8 Å². The molecule has 10 heteroatoms. The summed E-state index contributed by atoms with van der Waals surface area (Å²) in [5.74, 6) is -0.952. The average molecular weight is 327 g/mol. The van der Waals surface area contributed by atoms with Crippen molar-refractivity contribution < 1.29 is 29.7 Å². The van der Waals surface area contributed by atoms with Crippen molar-refractivity contribution in [3.8, 4) is 0 Å². The zero-order valence-corrected chi connectivity index (χ0v) is 12.4. The largest absolute Gasteiger partial charge is 0.456 e. The molecule has 2 aliphatic rings. The van der Waals surface area contributed by atoms with Gasteiger partial charge in [0.05, 0.1) is 5.92 Å². The zero-order chi connectivity index (χ0) is 16.9. The molecule has 23 heavy (non-hydrogen) atoms. The van der Waals surface area contributed by atoms with Gasteiger partial charge in [-0.15, -0.1) is 0 Å². The number of aliphatic hydroxyl groups is 2. The van der Waals surface area contributed by atoms with E-state index in [0.29, 0.717) is 0 Å². The molecule has 1 saturated carbocycles. The Labute approximate surface area is 130 Å². The van der Waals surface area contributed by atoms with Crippen molar-refractivity contribution in [3.05, 3.63) is 22.7 Å². The first kappa shape index (κ1) is 15.9. The third-order valence-electron chi connectivity index (χ3n) is 4.04. The number of aromatic nitrogens is 2. The molecule has 1 aromatic rings. The molecular weight excluding hydrogens is 310 g/mol. The highest BCUT2D eigenvalue weighted by Crippen LogP contribution is 2.55. The van der Waals surface area contributed by atoms with Crippen LogP contribution in [0.3, 0.4) is 0 Å². The summed E-state index contributed by atoms with van der Waals surface area (Å²) in [6.45, 7) is 3.29. The fourth-order valence-corrected chi connectivity index (χ4v) is 2.60. The van der Waals surface area contributed by atoms with Gasteiger partial charge < -0.3 is 19.7 Å². The smallest absolute Gasteiger partial charge is 0.351 e. The Morgan fingerprint density at radius 2 is 2.26 bits per heavy atom. The summed E-state index contributed by atoms with van der Waals surface area (Å²) in [7, 11) is 0. The van der Waals surface area contributed by atoms with E-state index in [1.54, 1.807) is 19.3 Å². The molecule has 1 aromatic heterocycles. The predicted octanol–water partition coefficient (Wildman–Crippen LogP) is -1.38. The maximum absolute atomic E-state index is 11.8. The van der Waals surface area contributed by atoms with Gasteiger partial charge in [-0.1, -0.05) is 13.8 Å². The highest BCUT2D eigenvalue weighted by molar-refractivity contribution is 5.72. The summed E-state index contributed by atoms with van der Waals surface area (Å²) < 4.78 is 11.5. The zero-order valence-electron chi connectivity index (χ0n) is 12.4. The molecule has 0 bridgehead atoms. The Kier molecular flexibility index (Phi) is 3.64. The van der Waals surface area contributed by atoms with Gasteiger partial charge in [0, 0.05) is 6.20 Å². The van der Waals surface area contributed by atoms with Crippen molar-refractivity contribution in [3.63, 3.8) is 0 Å². The van der Waals surface area contributed by atoms with Gasteiger partial charge in [0.2, 0.25) is 0 Å². The molecule has 3 rings (SSSR count). The highest BCUT2D eigenvalue weighted by Gasteiger charge is 2.79. The molecular formula is C13H17N3O7. The number of fused-ring (bicyclic) bond motifs is 1. The molecule has 0 spiro atoms. The number of hydrogen-bond donors (Lipinski definition) is 4. The number of anilines is 1. The summed E-state index contributed by atoms with van der Waals surface area (Å²) >= 11 is 0. The van der Waals surface area contributed by atoms with Crippen LogP contribution in [-0.4, -0.2) is 54.9 Å². The van der Waals surface area contributed by atoms with Gasteiger partial charge >= 0.3 is 11.7 Å². The lowest BCUT2D eigenvalue weighted by molar-refractivity contribution is -0.161. The number of nitrogens with one attached hydrogen (secondary N) is 1. The van der Waals surface area contributed by atoms with E-state index in [0.717, 1.165) is 4.57 Å². The first-order chi connectivity index (χ1) is 10.8. The minimum absolute atomic E-state index is 0.0636. The van der Waals surface area contributed by atoms with Gasteiger partial charge in [0.15, 0.2) is 23.8 Å². The second-order valence-corrected chi connectivity index (χ2v) is 5.91. The van der Waals surface area contributed by atoms with Crippen LogP contribution in [0.5, 0.6) is 0 Å². The van der Waals surface area contributed by atoms with Crippen LogP contribution in [0.4, 0.5) is 5.82 Å². The predicted molar refractivity (Wildman–Crippen MR) is 73.5 cm³/mol. The van der Waals surface area contributed by atoms with Crippen LogP contribution in [0.2, 0.25) is 0 Å². The van der Waals surface area contributed by atoms with Gasteiger partial charge in [0.1, 0.15) is 12.2 Å². The van der Waals surface area contributed by atoms with Crippen molar-refractivity contribution in [1.29, 1.82) is 0 Å². The van der Waals surface area contributed by atoms with E-state index in [2.05, 4.69) is 4.98 Å². The lowest BCUT2D eigenvalue weighted by Gasteiger charge is -2.23. The third kappa shape index (κ3) is 2.30. The maximum Gasteiger partial charge on any atom is 0.351 e. The molecule has 10 nitrogen and oxygen atoms in total. The molecule has 1 saturated heterocycles. The van der Waals surface area contributed by atoms with Crippen molar-refractivity contribution in [2.45, 2.75) is 44.0 Å². The van der Waals surface area contributed by atoms with Crippen LogP contribution in [0, 0.1) is 5.92 Å². The fourth-order valence-electron chi connectivity index (χ4n) is 2.60. The normalized spacial score (nSPS) is 35.0. The topological polar surface area (TPSA) is 143 Å². The van der Waals surface area contributed by atoms with E-state index in [9.17, 15) is 19.8 Å². The molecule has 1 unspecified atom stereocenters. The molecule has 126 valence electrons. The molecule has 4 N–H and O–H groups in total. The van der Waals surface area contributed by atoms with Crippen LogP contribution in [0.25, 0.3) is 0 Å². The first-order valence-corrected chi connectivity index (χ1v) is 7.06. The number of carbonyl (C=O) groups is 1. The number of rotatable bonds is 4. The molecule has 2 fully saturated rings.